The van der Waals surface area contributed by atoms with E-state index in [1.165, 1.54) is 13.1 Å². The number of benzene rings is 2. The van der Waals surface area contributed by atoms with Gasteiger partial charge in [0.05, 0.1) is 18.0 Å². The van der Waals surface area contributed by atoms with Gasteiger partial charge in [-0.1, -0.05) is 29.8 Å². The van der Waals surface area contributed by atoms with E-state index in [4.69, 9.17) is 16.3 Å². The molecule has 1 heterocycles. The number of carbonyl (C=O) groups excluding carboxylic acids is 1. The lowest BCUT2D eigenvalue weighted by Crippen LogP contribution is -2.10. The topological polar surface area (TPSA) is 76.1 Å². The Labute approximate surface area is 181 Å². The second-order valence-corrected chi connectivity index (χ2v) is 7.75. The molecule has 0 radical (unpaired) electrons. The molecule has 0 saturated heterocycles. The van der Waals surface area contributed by atoms with Crippen molar-refractivity contribution in [3.63, 3.8) is 0 Å². The molecule has 0 bridgehead atoms. The number of aromatic nitrogens is 2. The fourth-order valence-electron chi connectivity index (χ4n) is 2.99. The average molecular weight is 425 g/mol. The predicted octanol–water partition coefficient (Wildman–Crippen LogP) is 6.22. The van der Waals surface area contributed by atoms with Crippen molar-refractivity contribution >= 4 is 40.5 Å². The van der Waals surface area contributed by atoms with Crippen LogP contribution in [0.1, 0.15) is 42.3 Å². The van der Waals surface area contributed by atoms with Crippen LogP contribution < -0.4 is 15.4 Å². The number of rotatable bonds is 7. The largest absolute Gasteiger partial charge is 0.489 e. The molecule has 0 fully saturated rings. The Kier molecular flexibility index (Phi) is 6.57. The highest BCUT2D eigenvalue weighted by molar-refractivity contribution is 6.32. The number of aryl methyl sites for hydroxylation is 2. The molecule has 0 unspecified atom stereocenters. The number of ether oxygens (including phenoxy) is 1. The smallest absolute Gasteiger partial charge is 0.229 e. The Morgan fingerprint density at radius 1 is 1.07 bits per heavy atom. The van der Waals surface area contributed by atoms with E-state index in [0.29, 0.717) is 33.8 Å². The molecule has 0 aliphatic heterocycles. The zero-order valence-corrected chi connectivity index (χ0v) is 18.5. The van der Waals surface area contributed by atoms with E-state index >= 15 is 0 Å². The van der Waals surface area contributed by atoms with Crippen molar-refractivity contribution in [2.75, 3.05) is 10.6 Å². The van der Waals surface area contributed by atoms with Crippen LogP contribution in [0.25, 0.3) is 0 Å². The van der Waals surface area contributed by atoms with E-state index < -0.39 is 0 Å². The molecule has 2 aromatic carbocycles. The molecule has 156 valence electrons. The van der Waals surface area contributed by atoms with Gasteiger partial charge >= 0.3 is 0 Å². The molecular weight excluding hydrogens is 400 g/mol. The van der Waals surface area contributed by atoms with Crippen molar-refractivity contribution in [1.82, 2.24) is 9.97 Å². The van der Waals surface area contributed by atoms with Gasteiger partial charge in [0.15, 0.2) is 11.6 Å². The number of hydrogen-bond acceptors (Lipinski definition) is 6. The number of anilines is 4. The van der Waals surface area contributed by atoms with Crippen molar-refractivity contribution in [3.8, 4) is 5.75 Å². The maximum atomic E-state index is 12.0. The van der Waals surface area contributed by atoms with Gasteiger partial charge < -0.3 is 15.4 Å². The van der Waals surface area contributed by atoms with Crippen LogP contribution in [-0.2, 0) is 0 Å². The monoisotopic (exact) mass is 424 g/mol. The van der Waals surface area contributed by atoms with Gasteiger partial charge in [-0.3, -0.25) is 4.79 Å². The van der Waals surface area contributed by atoms with Crippen LogP contribution in [0.15, 0.2) is 42.6 Å². The van der Waals surface area contributed by atoms with Crippen molar-refractivity contribution < 1.29 is 9.53 Å². The highest BCUT2D eigenvalue weighted by atomic mass is 35.5. The first-order valence-electron chi connectivity index (χ1n) is 9.69. The molecular formula is C23H25ClN4O2. The minimum atomic E-state index is -0.0300. The number of halogens is 1. The summed E-state index contributed by atoms with van der Waals surface area (Å²) < 4.78 is 5.93. The van der Waals surface area contributed by atoms with Crippen LogP contribution in [0.2, 0.25) is 5.02 Å². The second-order valence-electron chi connectivity index (χ2n) is 7.34. The highest BCUT2D eigenvalue weighted by Crippen LogP contribution is 2.33. The second kappa shape index (κ2) is 9.13. The van der Waals surface area contributed by atoms with Crippen LogP contribution in [-0.4, -0.2) is 21.9 Å². The number of hydrogen-bond donors (Lipinski definition) is 2. The number of nitrogens with zero attached hydrogens (tertiary/aromatic N) is 2. The fraction of sp³-hybridized carbons (Fsp3) is 0.261. The fourth-order valence-corrected chi connectivity index (χ4v) is 3.12. The van der Waals surface area contributed by atoms with E-state index in [0.717, 1.165) is 16.8 Å². The molecule has 2 N–H and O–H groups in total. The van der Waals surface area contributed by atoms with E-state index in [-0.39, 0.29) is 11.9 Å². The molecule has 30 heavy (non-hydrogen) atoms. The lowest BCUT2D eigenvalue weighted by molar-refractivity contribution is 0.101. The SMILES string of the molecule is CC(=O)c1cc(Nc2ncc(Cl)c(Nc3ccccc3C)n2)c(OC(C)C)cc1C. The number of ketones is 1. The Bertz CT molecular complexity index is 1080. The van der Waals surface area contributed by atoms with Gasteiger partial charge in [0, 0.05) is 11.3 Å². The van der Waals surface area contributed by atoms with Crippen LogP contribution in [0, 0.1) is 13.8 Å². The third-order valence-electron chi connectivity index (χ3n) is 4.46. The molecule has 3 aromatic rings. The van der Waals surface area contributed by atoms with Crippen molar-refractivity contribution in [3.05, 3.63) is 64.3 Å². The molecule has 6 nitrogen and oxygen atoms in total. The van der Waals surface area contributed by atoms with E-state index in [9.17, 15) is 4.79 Å². The summed E-state index contributed by atoms with van der Waals surface area (Å²) in [6, 6.07) is 11.5. The van der Waals surface area contributed by atoms with E-state index in [1.54, 1.807) is 6.07 Å². The summed E-state index contributed by atoms with van der Waals surface area (Å²) in [4.78, 5) is 20.8. The quantitative estimate of drug-likeness (QED) is 0.438. The maximum Gasteiger partial charge on any atom is 0.229 e. The average Bonchev–Trinajstić information content (AvgIpc) is 2.67. The van der Waals surface area contributed by atoms with Gasteiger partial charge in [-0.2, -0.15) is 4.98 Å². The molecule has 0 atom stereocenters. The summed E-state index contributed by atoms with van der Waals surface area (Å²) in [7, 11) is 0. The number of carbonyl (C=O) groups is 1. The normalized spacial score (nSPS) is 10.8. The Morgan fingerprint density at radius 2 is 1.80 bits per heavy atom. The minimum Gasteiger partial charge on any atom is -0.489 e. The number of nitrogens with one attached hydrogen (secondary N) is 2. The van der Waals surface area contributed by atoms with Gasteiger partial charge in [-0.05, 0) is 63.9 Å². The third kappa shape index (κ3) is 5.07. The van der Waals surface area contributed by atoms with Gasteiger partial charge in [0.25, 0.3) is 0 Å². The highest BCUT2D eigenvalue weighted by Gasteiger charge is 2.15. The molecule has 0 aliphatic rings. The molecule has 7 heteroatoms. The van der Waals surface area contributed by atoms with Crippen LogP contribution in [0.4, 0.5) is 23.1 Å². The zero-order valence-electron chi connectivity index (χ0n) is 17.7. The number of para-hydroxylation sites is 1. The maximum absolute atomic E-state index is 12.0. The third-order valence-corrected chi connectivity index (χ3v) is 4.73. The van der Waals surface area contributed by atoms with Crippen molar-refractivity contribution in [1.29, 1.82) is 0 Å². The van der Waals surface area contributed by atoms with Gasteiger partial charge in [-0.25, -0.2) is 4.98 Å². The van der Waals surface area contributed by atoms with Crippen molar-refractivity contribution in [2.24, 2.45) is 0 Å². The lowest BCUT2D eigenvalue weighted by atomic mass is 10.0. The summed E-state index contributed by atoms with van der Waals surface area (Å²) in [5.41, 5.74) is 4.05. The molecule has 0 amide bonds. The first-order chi connectivity index (χ1) is 14.2. The van der Waals surface area contributed by atoms with Gasteiger partial charge in [-0.15, -0.1) is 0 Å². The van der Waals surface area contributed by atoms with E-state index in [2.05, 4.69) is 20.6 Å². The first kappa shape index (κ1) is 21.6. The molecule has 0 spiro atoms. The summed E-state index contributed by atoms with van der Waals surface area (Å²) in [5, 5.41) is 6.81. The molecule has 0 aliphatic carbocycles. The summed E-state index contributed by atoms with van der Waals surface area (Å²) >= 11 is 6.30. The molecule has 3 rings (SSSR count). The summed E-state index contributed by atoms with van der Waals surface area (Å²) in [5.74, 6) is 1.42. The summed E-state index contributed by atoms with van der Waals surface area (Å²) in [6.07, 6.45) is 1.50. The Morgan fingerprint density at radius 3 is 2.47 bits per heavy atom. The molecule has 1 aromatic heterocycles. The lowest BCUT2D eigenvalue weighted by Gasteiger charge is -2.18. The number of Topliss-reactive ketones (excluding diaryl/α,β-unsaturated/α-hetero) is 1. The Balaban J connectivity index is 1.96. The molecule has 0 saturated carbocycles. The predicted molar refractivity (Wildman–Crippen MR) is 122 cm³/mol. The van der Waals surface area contributed by atoms with Crippen LogP contribution in [0.3, 0.4) is 0 Å². The zero-order chi connectivity index (χ0) is 21.8. The van der Waals surface area contributed by atoms with Gasteiger partial charge in [0.2, 0.25) is 5.95 Å². The first-order valence-corrected chi connectivity index (χ1v) is 10.1. The summed E-state index contributed by atoms with van der Waals surface area (Å²) in [6.45, 7) is 9.32. The Hall–Kier alpha value is -3.12. The van der Waals surface area contributed by atoms with Crippen LogP contribution in [0.5, 0.6) is 5.75 Å². The van der Waals surface area contributed by atoms with E-state index in [1.807, 2.05) is 58.0 Å². The van der Waals surface area contributed by atoms with Crippen LogP contribution >= 0.6 is 11.6 Å². The minimum absolute atomic E-state index is 0.0226. The van der Waals surface area contributed by atoms with Gasteiger partial charge in [0.1, 0.15) is 10.8 Å². The standard InChI is InChI=1S/C23H25ClN4O2/c1-13(2)30-21-10-15(4)17(16(5)29)11-20(21)27-23-25-12-18(24)22(28-23)26-19-9-7-6-8-14(19)3/h6-13H,1-5H3,(H2,25,26,27,28). The van der Waals surface area contributed by atoms with Crippen molar-refractivity contribution in [2.45, 2.75) is 40.7 Å².